The van der Waals surface area contributed by atoms with Gasteiger partial charge in [0.15, 0.2) is 0 Å². The van der Waals surface area contributed by atoms with Gasteiger partial charge in [0, 0.05) is 11.9 Å². The van der Waals surface area contributed by atoms with Crippen LogP contribution in [0.15, 0.2) is 194 Å². The lowest BCUT2D eigenvalue weighted by Gasteiger charge is -2.28. The molecule has 0 aliphatic rings. The summed E-state index contributed by atoms with van der Waals surface area (Å²) >= 11 is 0. The molecule has 0 heterocycles. The molecule has 8 rings (SSSR count). The van der Waals surface area contributed by atoms with Crippen LogP contribution in [0.5, 0.6) is 11.5 Å². The third kappa shape index (κ3) is 13.5. The van der Waals surface area contributed by atoms with Crippen LogP contribution >= 0.6 is 14.5 Å². The fourth-order valence-electron chi connectivity index (χ4n) is 8.45. The predicted molar refractivity (Wildman–Crippen MR) is 291 cm³/mol. The number of carbonyl (C=O) groups excluding carboxylic acids is 2. The van der Waals surface area contributed by atoms with Gasteiger partial charge in [-0.3, -0.25) is 0 Å². The van der Waals surface area contributed by atoms with Crippen molar-refractivity contribution >= 4 is 58.3 Å². The van der Waals surface area contributed by atoms with Crippen molar-refractivity contribution in [2.45, 2.75) is 66.7 Å². The van der Waals surface area contributed by atoms with Gasteiger partial charge < -0.3 is 29.3 Å². The van der Waals surface area contributed by atoms with Gasteiger partial charge in [-0.15, -0.1) is 0 Å². The Balaban J connectivity index is 0.000000199. The van der Waals surface area contributed by atoms with Crippen LogP contribution in [0.1, 0.15) is 57.3 Å². The fraction of sp³-hybridized carbons (Fsp3) is 0.194. The number of rotatable bonds is 15. The summed E-state index contributed by atoms with van der Waals surface area (Å²) in [7, 11) is -0.359. The number of benzene rings is 8. The highest BCUT2D eigenvalue weighted by Crippen LogP contribution is 2.59. The second-order valence-corrected chi connectivity index (χ2v) is 24.9. The van der Waals surface area contributed by atoms with Crippen molar-refractivity contribution in [2.75, 3.05) is 14.2 Å². The first-order chi connectivity index (χ1) is 33.6. The highest BCUT2D eigenvalue weighted by molar-refractivity contribution is 7.95. The van der Waals surface area contributed by atoms with Gasteiger partial charge in [0.25, 0.3) is 0 Å². The molecule has 0 radical (unpaired) electrons. The summed E-state index contributed by atoms with van der Waals surface area (Å²) in [6.07, 6.45) is 1.02. The average molecular weight is 967 g/mol. The summed E-state index contributed by atoms with van der Waals surface area (Å²) < 4.78 is 10.8. The lowest BCUT2D eigenvalue weighted by molar-refractivity contribution is -0.315. The summed E-state index contributed by atoms with van der Waals surface area (Å²) in [4.78, 5) is 19.0. The number of hydrogen-bond donors (Lipinski definition) is 0. The van der Waals surface area contributed by atoms with Crippen molar-refractivity contribution in [3.63, 3.8) is 0 Å². The van der Waals surface area contributed by atoms with E-state index in [0.717, 1.165) is 23.8 Å². The highest BCUT2D eigenvalue weighted by atomic mass is 31.2. The van der Waals surface area contributed by atoms with E-state index in [2.05, 4.69) is 236 Å². The summed E-state index contributed by atoms with van der Waals surface area (Å²) in [5, 5.41) is 27.5. The Bertz CT molecular complexity index is 2470. The third-order valence-electron chi connectivity index (χ3n) is 12.5. The van der Waals surface area contributed by atoms with Crippen LogP contribution in [-0.2, 0) is 21.9 Å². The SMILES string of the molecule is COc1ccc(C[P+](c2ccc(C)cc2)(c2ccc(C)cc2)c2ccc(C)cc2)cc1.COc1ccc(C[P+](c2ccc(C)cc2)(c2ccc(C)cc2)c2ccc(C)cc2)cc1.O=C([O-])CCC(=O)[O-]. The van der Waals surface area contributed by atoms with Gasteiger partial charge in [-0.1, -0.05) is 130 Å². The van der Waals surface area contributed by atoms with Crippen molar-refractivity contribution in [2.24, 2.45) is 0 Å². The summed E-state index contributed by atoms with van der Waals surface area (Å²) in [6.45, 7) is 12.9. The van der Waals surface area contributed by atoms with E-state index in [9.17, 15) is 19.8 Å². The van der Waals surface area contributed by atoms with Crippen molar-refractivity contribution in [1.29, 1.82) is 0 Å². The number of carboxylic acids is 2. The maximum absolute atomic E-state index is 9.50. The molecule has 0 aliphatic carbocycles. The zero-order valence-corrected chi connectivity index (χ0v) is 43.4. The highest BCUT2D eigenvalue weighted by Gasteiger charge is 2.47. The molecule has 358 valence electrons. The molecule has 0 saturated carbocycles. The average Bonchev–Trinajstić information content (AvgIpc) is 3.37. The van der Waals surface area contributed by atoms with E-state index in [1.54, 1.807) is 14.2 Å². The van der Waals surface area contributed by atoms with Crippen molar-refractivity contribution in [3.8, 4) is 11.5 Å². The summed E-state index contributed by atoms with van der Waals surface area (Å²) in [6, 6.07) is 72.2. The first-order valence-corrected chi connectivity index (χ1v) is 27.4. The topological polar surface area (TPSA) is 98.7 Å². The van der Waals surface area contributed by atoms with Gasteiger partial charge in [0.2, 0.25) is 0 Å². The lowest BCUT2D eigenvalue weighted by Crippen LogP contribution is -2.32. The molecular formula is C62H64O6P2. The molecule has 8 heteroatoms. The van der Waals surface area contributed by atoms with Crippen LogP contribution in [0.4, 0.5) is 0 Å². The van der Waals surface area contributed by atoms with Crippen LogP contribution in [0, 0.1) is 41.5 Å². The fourth-order valence-corrected chi connectivity index (χ4v) is 16.8. The maximum Gasteiger partial charge on any atom is 0.118 e. The summed E-state index contributed by atoms with van der Waals surface area (Å²) in [5.74, 6) is -0.939. The quantitative estimate of drug-likeness (QED) is 0.0951. The Hall–Kier alpha value is -6.84. The van der Waals surface area contributed by atoms with Gasteiger partial charge in [-0.05, 0) is 163 Å². The first kappa shape index (κ1) is 52.5. The minimum Gasteiger partial charge on any atom is -0.550 e. The molecule has 0 unspecified atom stereocenters. The van der Waals surface area contributed by atoms with E-state index in [1.165, 1.54) is 76.3 Å². The molecule has 70 heavy (non-hydrogen) atoms. The van der Waals surface area contributed by atoms with E-state index in [4.69, 9.17) is 9.47 Å². The molecule has 8 aromatic carbocycles. The first-order valence-electron chi connectivity index (χ1n) is 23.5. The molecule has 0 aromatic heterocycles. The van der Waals surface area contributed by atoms with Gasteiger partial charge in [-0.2, -0.15) is 0 Å². The molecule has 0 aliphatic heterocycles. The molecule has 0 saturated heterocycles. The van der Waals surface area contributed by atoms with Crippen LogP contribution in [0.3, 0.4) is 0 Å². The Morgan fingerprint density at radius 3 is 0.671 bits per heavy atom. The maximum atomic E-state index is 9.50. The number of aliphatic carboxylic acids is 2. The van der Waals surface area contributed by atoms with Crippen molar-refractivity contribution < 1.29 is 29.3 Å². The van der Waals surface area contributed by atoms with Crippen LogP contribution in [-0.4, -0.2) is 26.2 Å². The smallest absolute Gasteiger partial charge is 0.118 e. The van der Waals surface area contributed by atoms with E-state index < -0.39 is 39.3 Å². The van der Waals surface area contributed by atoms with Gasteiger partial charge >= 0.3 is 0 Å². The Morgan fingerprint density at radius 1 is 0.329 bits per heavy atom. The Labute approximate surface area is 416 Å². The molecule has 6 nitrogen and oxygen atoms in total. The number of aryl methyl sites for hydroxylation is 6. The minimum atomic E-state index is -1.90. The zero-order valence-electron chi connectivity index (χ0n) is 41.6. The van der Waals surface area contributed by atoms with Crippen molar-refractivity contribution in [1.82, 2.24) is 0 Å². The molecular weight excluding hydrogens is 903 g/mol. The molecule has 0 atom stereocenters. The second kappa shape index (κ2) is 24.6. The van der Waals surface area contributed by atoms with Crippen LogP contribution < -0.4 is 51.5 Å². The van der Waals surface area contributed by atoms with E-state index in [0.29, 0.717) is 0 Å². The molecule has 0 spiro atoms. The largest absolute Gasteiger partial charge is 0.550 e. The lowest BCUT2D eigenvalue weighted by atomic mass is 10.2. The molecule has 0 bridgehead atoms. The number of ether oxygens (including phenoxy) is 2. The summed E-state index contributed by atoms with van der Waals surface area (Å²) in [5.41, 5.74) is 10.4. The Morgan fingerprint density at radius 2 is 0.514 bits per heavy atom. The monoisotopic (exact) mass is 966 g/mol. The zero-order chi connectivity index (χ0) is 50.3. The van der Waals surface area contributed by atoms with Gasteiger partial charge in [0.1, 0.15) is 57.9 Å². The van der Waals surface area contributed by atoms with Crippen LogP contribution in [0.25, 0.3) is 0 Å². The second-order valence-electron chi connectivity index (χ2n) is 17.9. The molecule has 0 N–H and O–H groups in total. The normalized spacial score (nSPS) is 11.0. The van der Waals surface area contributed by atoms with E-state index in [-0.39, 0.29) is 0 Å². The predicted octanol–water partition coefficient (Wildman–Crippen LogP) is 9.50. The van der Waals surface area contributed by atoms with E-state index >= 15 is 0 Å². The standard InChI is InChI=1S/2C29H30OP.C4H6O4/c2*1-22-5-15-27(16-6-22)31(28-17-7-23(2)8-18-28,29-19-9-24(3)10-20-29)21-25-11-13-26(30-4)14-12-25;5-3(6)1-2-4(7)8/h2*5-20H,21H2,1-4H3;1-2H2,(H,5,6)(H,7,8)/q2*+1;/p-2. The third-order valence-corrected chi connectivity index (χ3v) is 21.3. The molecule has 0 amide bonds. The number of carbonyl (C=O) groups is 2. The van der Waals surface area contributed by atoms with Gasteiger partial charge in [0.05, 0.1) is 26.5 Å². The molecule has 8 aromatic rings. The van der Waals surface area contributed by atoms with Crippen LogP contribution in [0.2, 0.25) is 0 Å². The number of carboxylic acid groups (broad SMARTS) is 2. The van der Waals surface area contributed by atoms with E-state index in [1.807, 2.05) is 0 Å². The molecule has 0 fully saturated rings. The number of hydrogen-bond acceptors (Lipinski definition) is 6. The minimum absolute atomic E-state index is 0.470. The Kier molecular flexibility index (Phi) is 18.5. The number of methoxy groups -OCH3 is 2. The van der Waals surface area contributed by atoms with Gasteiger partial charge in [-0.25, -0.2) is 0 Å². The van der Waals surface area contributed by atoms with Crippen molar-refractivity contribution in [3.05, 3.63) is 239 Å².